The Bertz CT molecular complexity index is 286. The van der Waals surface area contributed by atoms with Crippen LogP contribution >= 0.6 is 11.6 Å². The maximum Gasteiger partial charge on any atom is 0.0505 e. The molecule has 15 heavy (non-hydrogen) atoms. The van der Waals surface area contributed by atoms with Gasteiger partial charge in [-0.1, -0.05) is 43.9 Å². The molecule has 1 N–H and O–H groups in total. The standard InChI is InChI=1S/C13H19ClN/c1-3-4-5-7-11(2)15-13-9-6-8-12(14)10-13/h6,9-11,15H,3-5,7H2,1-2H3. The van der Waals surface area contributed by atoms with E-state index < -0.39 is 0 Å². The molecule has 0 bridgehead atoms. The quantitative estimate of drug-likeness (QED) is 0.701. The summed E-state index contributed by atoms with van der Waals surface area (Å²) in [5, 5.41) is 4.10. The topological polar surface area (TPSA) is 12.0 Å². The predicted molar refractivity (Wildman–Crippen MR) is 67.5 cm³/mol. The maximum atomic E-state index is 5.86. The van der Waals surface area contributed by atoms with Crippen molar-refractivity contribution in [2.45, 2.75) is 45.6 Å². The summed E-state index contributed by atoms with van der Waals surface area (Å²) in [6.07, 6.45) is 5.09. The van der Waals surface area contributed by atoms with Crippen LogP contribution in [0.3, 0.4) is 0 Å². The molecule has 1 rings (SSSR count). The van der Waals surface area contributed by atoms with Gasteiger partial charge in [0.1, 0.15) is 0 Å². The van der Waals surface area contributed by atoms with Crippen molar-refractivity contribution in [1.82, 2.24) is 0 Å². The Balaban J connectivity index is 2.34. The zero-order valence-corrected chi connectivity index (χ0v) is 10.3. The van der Waals surface area contributed by atoms with E-state index in [1.54, 1.807) is 0 Å². The Morgan fingerprint density at radius 3 is 2.93 bits per heavy atom. The van der Waals surface area contributed by atoms with Crippen molar-refractivity contribution in [3.63, 3.8) is 0 Å². The van der Waals surface area contributed by atoms with Crippen LogP contribution in [0, 0.1) is 6.07 Å². The van der Waals surface area contributed by atoms with Gasteiger partial charge in [0.2, 0.25) is 0 Å². The molecular formula is C13H19ClN. The summed E-state index contributed by atoms with van der Waals surface area (Å²) < 4.78 is 0. The number of hydrogen-bond donors (Lipinski definition) is 1. The van der Waals surface area contributed by atoms with Crippen molar-refractivity contribution in [3.05, 3.63) is 29.3 Å². The van der Waals surface area contributed by atoms with Gasteiger partial charge in [0.15, 0.2) is 0 Å². The zero-order chi connectivity index (χ0) is 11.1. The second-order valence-corrected chi connectivity index (χ2v) is 4.37. The Hall–Kier alpha value is -0.690. The van der Waals surface area contributed by atoms with E-state index in [-0.39, 0.29) is 0 Å². The van der Waals surface area contributed by atoms with Gasteiger partial charge in [-0.25, -0.2) is 0 Å². The molecule has 0 spiro atoms. The van der Waals surface area contributed by atoms with E-state index in [1.165, 1.54) is 25.7 Å². The van der Waals surface area contributed by atoms with Crippen LogP contribution in [0.2, 0.25) is 5.02 Å². The minimum absolute atomic E-state index is 0.509. The highest BCUT2D eigenvalue weighted by molar-refractivity contribution is 6.30. The van der Waals surface area contributed by atoms with Gasteiger partial charge >= 0.3 is 0 Å². The first-order chi connectivity index (χ1) is 7.22. The van der Waals surface area contributed by atoms with Crippen molar-refractivity contribution >= 4 is 17.3 Å². The van der Waals surface area contributed by atoms with E-state index >= 15 is 0 Å². The number of halogens is 1. The first kappa shape index (κ1) is 12.4. The molecule has 2 heteroatoms. The molecule has 0 aliphatic heterocycles. The average Bonchev–Trinajstić information content (AvgIpc) is 2.18. The third-order valence-corrected chi connectivity index (χ3v) is 2.64. The molecule has 0 amide bonds. The molecule has 0 saturated heterocycles. The zero-order valence-electron chi connectivity index (χ0n) is 9.52. The minimum Gasteiger partial charge on any atom is -0.383 e. The lowest BCUT2D eigenvalue weighted by Gasteiger charge is -2.14. The van der Waals surface area contributed by atoms with Gasteiger partial charge in [0.05, 0.1) is 5.02 Å². The van der Waals surface area contributed by atoms with Crippen LogP contribution in [0.15, 0.2) is 18.2 Å². The van der Waals surface area contributed by atoms with E-state index in [0.717, 1.165) is 5.69 Å². The number of nitrogens with one attached hydrogen (secondary N) is 1. The predicted octanol–water partition coefficient (Wildman–Crippen LogP) is 4.52. The largest absolute Gasteiger partial charge is 0.383 e. The van der Waals surface area contributed by atoms with Crippen LogP contribution in [0.4, 0.5) is 5.69 Å². The first-order valence-corrected chi connectivity index (χ1v) is 6.04. The van der Waals surface area contributed by atoms with Crippen LogP contribution in [0.1, 0.15) is 39.5 Å². The number of anilines is 1. The molecule has 1 radical (unpaired) electrons. The molecule has 0 aromatic heterocycles. The average molecular weight is 225 g/mol. The third-order valence-electron chi connectivity index (χ3n) is 2.42. The fourth-order valence-electron chi connectivity index (χ4n) is 1.58. The van der Waals surface area contributed by atoms with Crippen LogP contribution in [-0.2, 0) is 0 Å². The Morgan fingerprint density at radius 1 is 1.47 bits per heavy atom. The minimum atomic E-state index is 0.509. The number of rotatable bonds is 6. The number of hydrogen-bond acceptors (Lipinski definition) is 1. The first-order valence-electron chi connectivity index (χ1n) is 5.66. The fourth-order valence-corrected chi connectivity index (χ4v) is 1.76. The second kappa shape index (κ2) is 6.73. The lowest BCUT2D eigenvalue weighted by atomic mass is 10.1. The highest BCUT2D eigenvalue weighted by Crippen LogP contribution is 2.16. The molecule has 0 heterocycles. The normalized spacial score (nSPS) is 12.5. The van der Waals surface area contributed by atoms with Crippen LogP contribution in [-0.4, -0.2) is 6.04 Å². The molecule has 0 aliphatic carbocycles. The van der Waals surface area contributed by atoms with Crippen molar-refractivity contribution < 1.29 is 0 Å². The van der Waals surface area contributed by atoms with E-state index in [2.05, 4.69) is 25.2 Å². The Morgan fingerprint density at radius 2 is 2.27 bits per heavy atom. The highest BCUT2D eigenvalue weighted by Gasteiger charge is 2.01. The molecule has 1 unspecified atom stereocenters. The lowest BCUT2D eigenvalue weighted by molar-refractivity contribution is 0.615. The second-order valence-electron chi connectivity index (χ2n) is 3.97. The van der Waals surface area contributed by atoms with E-state index in [9.17, 15) is 0 Å². The molecular weight excluding hydrogens is 206 g/mol. The van der Waals surface area contributed by atoms with E-state index in [1.807, 2.05) is 18.2 Å². The highest BCUT2D eigenvalue weighted by atomic mass is 35.5. The monoisotopic (exact) mass is 224 g/mol. The summed E-state index contributed by atoms with van der Waals surface area (Å²) in [5.41, 5.74) is 1.09. The van der Waals surface area contributed by atoms with Gasteiger partial charge in [0.25, 0.3) is 0 Å². The molecule has 1 aromatic carbocycles. The molecule has 83 valence electrons. The van der Waals surface area contributed by atoms with Crippen LogP contribution in [0.25, 0.3) is 0 Å². The number of benzene rings is 1. The van der Waals surface area contributed by atoms with Crippen LogP contribution < -0.4 is 5.32 Å². The molecule has 0 fully saturated rings. The summed E-state index contributed by atoms with van der Waals surface area (Å²) >= 11 is 5.86. The van der Waals surface area contributed by atoms with Crippen molar-refractivity contribution in [2.75, 3.05) is 5.32 Å². The smallest absolute Gasteiger partial charge is 0.0505 e. The molecule has 1 atom stereocenters. The number of unbranched alkanes of at least 4 members (excludes halogenated alkanes) is 2. The summed E-state index contributed by atoms with van der Waals surface area (Å²) in [7, 11) is 0. The molecule has 0 aliphatic rings. The Kier molecular flexibility index (Phi) is 5.56. The molecule has 1 nitrogen and oxygen atoms in total. The molecule has 0 saturated carbocycles. The van der Waals surface area contributed by atoms with E-state index in [4.69, 9.17) is 11.6 Å². The summed E-state index contributed by atoms with van der Waals surface area (Å²) in [4.78, 5) is 0. The van der Waals surface area contributed by atoms with E-state index in [0.29, 0.717) is 11.1 Å². The van der Waals surface area contributed by atoms with Crippen molar-refractivity contribution in [2.24, 2.45) is 0 Å². The Labute approximate surface area is 97.8 Å². The van der Waals surface area contributed by atoms with Gasteiger partial charge < -0.3 is 5.32 Å². The van der Waals surface area contributed by atoms with Crippen molar-refractivity contribution in [1.29, 1.82) is 0 Å². The lowest BCUT2D eigenvalue weighted by Crippen LogP contribution is -2.14. The van der Waals surface area contributed by atoms with Crippen LogP contribution in [0.5, 0.6) is 0 Å². The van der Waals surface area contributed by atoms with Gasteiger partial charge in [-0.15, -0.1) is 0 Å². The maximum absolute atomic E-state index is 5.86. The van der Waals surface area contributed by atoms with Gasteiger partial charge in [-0.3, -0.25) is 0 Å². The van der Waals surface area contributed by atoms with Gasteiger partial charge in [-0.05, 0) is 25.5 Å². The summed E-state index contributed by atoms with van der Waals surface area (Å²) in [6, 6.07) is 9.20. The van der Waals surface area contributed by atoms with Gasteiger partial charge in [0, 0.05) is 17.8 Å². The SMILES string of the molecule is CCCCCC(C)Nc1cc[c]c(Cl)c1. The van der Waals surface area contributed by atoms with Gasteiger partial charge in [-0.2, -0.15) is 0 Å². The third kappa shape index (κ3) is 5.08. The summed E-state index contributed by atoms with van der Waals surface area (Å²) in [5.74, 6) is 0. The molecule has 1 aromatic rings. The summed E-state index contributed by atoms with van der Waals surface area (Å²) in [6.45, 7) is 4.44. The van der Waals surface area contributed by atoms with Crippen molar-refractivity contribution in [3.8, 4) is 0 Å². The fraction of sp³-hybridized carbons (Fsp3) is 0.538.